The Kier molecular flexibility index (Phi) is 7.15. The summed E-state index contributed by atoms with van der Waals surface area (Å²) in [6, 6.07) is 14.2. The lowest BCUT2D eigenvalue weighted by Gasteiger charge is -2.33. The van der Waals surface area contributed by atoms with Gasteiger partial charge >= 0.3 is 0 Å². The molecule has 3 nitrogen and oxygen atoms in total. The molecule has 1 amide bonds. The minimum Gasteiger partial charge on any atom is -0.484 e. The van der Waals surface area contributed by atoms with Crippen molar-refractivity contribution in [1.82, 2.24) is 0 Å². The van der Waals surface area contributed by atoms with E-state index in [-0.39, 0.29) is 23.3 Å². The fraction of sp³-hybridized carbons (Fsp3) is 0.500. The van der Waals surface area contributed by atoms with E-state index >= 15 is 0 Å². The smallest absolute Gasteiger partial charge is 0.262 e. The standard InChI is InChI=1S/C26H37NO2/c1-18(2)22-11-9-10-19(3)24(22)27-23(28)16-29-21-14-12-20(13-15-21)26(7,8)17-25(4,5)6/h9-15,18H,16-17H2,1-8H3,(H,27,28). The second-order valence-electron chi connectivity index (χ2n) is 10.2. The van der Waals surface area contributed by atoms with Crippen molar-refractivity contribution in [3.05, 3.63) is 59.2 Å². The normalized spacial score (nSPS) is 12.2. The van der Waals surface area contributed by atoms with Crippen molar-refractivity contribution in [3.8, 4) is 5.75 Å². The second kappa shape index (κ2) is 9.02. The Balaban J connectivity index is 2.00. The van der Waals surface area contributed by atoms with Gasteiger partial charge in [0.05, 0.1) is 0 Å². The van der Waals surface area contributed by atoms with Gasteiger partial charge in [0.25, 0.3) is 5.91 Å². The first-order chi connectivity index (χ1) is 13.4. The Hall–Kier alpha value is -2.29. The van der Waals surface area contributed by atoms with Gasteiger partial charge in [-0.2, -0.15) is 0 Å². The summed E-state index contributed by atoms with van der Waals surface area (Å²) in [4.78, 5) is 12.5. The molecule has 0 unspecified atom stereocenters. The average Bonchev–Trinajstić information content (AvgIpc) is 2.60. The molecule has 0 aliphatic heterocycles. The minimum atomic E-state index is -0.140. The van der Waals surface area contributed by atoms with E-state index in [4.69, 9.17) is 4.74 Å². The third-order valence-corrected chi connectivity index (χ3v) is 5.17. The SMILES string of the molecule is Cc1cccc(C(C)C)c1NC(=O)COc1ccc(C(C)(C)CC(C)(C)C)cc1. The van der Waals surface area contributed by atoms with Crippen LogP contribution < -0.4 is 10.1 Å². The maximum atomic E-state index is 12.5. The van der Waals surface area contributed by atoms with Crippen LogP contribution in [-0.2, 0) is 10.2 Å². The van der Waals surface area contributed by atoms with Gasteiger partial charge in [-0.15, -0.1) is 0 Å². The molecule has 3 heteroatoms. The van der Waals surface area contributed by atoms with E-state index in [1.165, 1.54) is 5.56 Å². The lowest BCUT2D eigenvalue weighted by Crippen LogP contribution is -2.24. The number of carbonyl (C=O) groups excluding carboxylic acids is 1. The van der Waals surface area contributed by atoms with Crippen molar-refractivity contribution in [2.45, 2.75) is 73.1 Å². The van der Waals surface area contributed by atoms with Gasteiger partial charge in [-0.3, -0.25) is 4.79 Å². The van der Waals surface area contributed by atoms with Crippen LogP contribution in [0.25, 0.3) is 0 Å². The molecule has 2 aromatic carbocycles. The van der Waals surface area contributed by atoms with E-state index in [0.717, 1.165) is 23.2 Å². The number of rotatable bonds is 7. The topological polar surface area (TPSA) is 38.3 Å². The van der Waals surface area contributed by atoms with Gasteiger partial charge in [-0.1, -0.05) is 78.8 Å². The molecule has 29 heavy (non-hydrogen) atoms. The zero-order valence-corrected chi connectivity index (χ0v) is 19.3. The molecule has 0 saturated carbocycles. The Bertz CT molecular complexity index is 827. The molecule has 158 valence electrons. The molecular formula is C26H37NO2. The highest BCUT2D eigenvalue weighted by atomic mass is 16.5. The molecule has 0 bridgehead atoms. The van der Waals surface area contributed by atoms with Gasteiger partial charge in [-0.05, 0) is 58.9 Å². The zero-order valence-electron chi connectivity index (χ0n) is 19.3. The number of ether oxygens (including phenoxy) is 1. The van der Waals surface area contributed by atoms with E-state index in [0.29, 0.717) is 11.7 Å². The van der Waals surface area contributed by atoms with Gasteiger partial charge in [0.2, 0.25) is 0 Å². The Morgan fingerprint density at radius 1 is 1.00 bits per heavy atom. The quantitative estimate of drug-likeness (QED) is 0.557. The molecule has 2 aromatic rings. The number of carbonyl (C=O) groups is 1. The molecular weight excluding hydrogens is 358 g/mol. The van der Waals surface area contributed by atoms with Crippen LogP contribution in [0.15, 0.2) is 42.5 Å². The maximum absolute atomic E-state index is 12.5. The number of hydrogen-bond acceptors (Lipinski definition) is 2. The summed E-state index contributed by atoms with van der Waals surface area (Å²) in [7, 11) is 0. The third-order valence-electron chi connectivity index (χ3n) is 5.17. The van der Waals surface area contributed by atoms with Crippen LogP contribution in [0.2, 0.25) is 0 Å². The van der Waals surface area contributed by atoms with Gasteiger partial charge in [0.15, 0.2) is 6.61 Å². The Morgan fingerprint density at radius 3 is 2.17 bits per heavy atom. The van der Waals surface area contributed by atoms with E-state index in [9.17, 15) is 4.79 Å². The first-order valence-corrected chi connectivity index (χ1v) is 10.5. The van der Waals surface area contributed by atoms with Crippen LogP contribution in [0.4, 0.5) is 5.69 Å². The number of aryl methyl sites for hydroxylation is 1. The number of benzene rings is 2. The number of anilines is 1. The van der Waals surface area contributed by atoms with E-state index in [1.54, 1.807) is 0 Å². The summed E-state index contributed by atoms with van der Waals surface area (Å²) in [6.45, 7) is 17.6. The maximum Gasteiger partial charge on any atom is 0.262 e. The summed E-state index contributed by atoms with van der Waals surface area (Å²) < 4.78 is 5.74. The first-order valence-electron chi connectivity index (χ1n) is 10.5. The molecule has 0 aromatic heterocycles. The number of nitrogens with one attached hydrogen (secondary N) is 1. The van der Waals surface area contributed by atoms with Crippen molar-refractivity contribution in [2.24, 2.45) is 5.41 Å². The number of para-hydroxylation sites is 1. The fourth-order valence-corrected chi connectivity index (χ4v) is 4.10. The van der Waals surface area contributed by atoms with Crippen LogP contribution in [-0.4, -0.2) is 12.5 Å². The monoisotopic (exact) mass is 395 g/mol. The number of hydrogen-bond donors (Lipinski definition) is 1. The van der Waals surface area contributed by atoms with Crippen LogP contribution in [0.3, 0.4) is 0 Å². The molecule has 0 spiro atoms. The second-order valence-corrected chi connectivity index (χ2v) is 10.2. The van der Waals surface area contributed by atoms with Gasteiger partial charge in [-0.25, -0.2) is 0 Å². The zero-order chi connectivity index (χ0) is 21.8. The highest BCUT2D eigenvalue weighted by Gasteiger charge is 2.27. The van der Waals surface area contributed by atoms with Crippen LogP contribution in [0.1, 0.15) is 77.5 Å². The highest BCUT2D eigenvalue weighted by molar-refractivity contribution is 5.93. The van der Waals surface area contributed by atoms with Gasteiger partial charge in [0, 0.05) is 5.69 Å². The summed E-state index contributed by atoms with van der Waals surface area (Å²) in [5.74, 6) is 0.915. The van der Waals surface area contributed by atoms with Crippen molar-refractivity contribution in [1.29, 1.82) is 0 Å². The molecule has 2 rings (SSSR count). The van der Waals surface area contributed by atoms with E-state index in [1.807, 2.05) is 31.2 Å². The van der Waals surface area contributed by atoms with Crippen molar-refractivity contribution < 1.29 is 9.53 Å². The summed E-state index contributed by atoms with van der Waals surface area (Å²) in [6.07, 6.45) is 1.09. The Labute approximate surface area is 176 Å². The molecule has 0 aliphatic carbocycles. The average molecular weight is 396 g/mol. The molecule has 0 heterocycles. The van der Waals surface area contributed by atoms with Crippen molar-refractivity contribution >= 4 is 11.6 Å². The number of amides is 1. The van der Waals surface area contributed by atoms with Gasteiger partial charge in [0.1, 0.15) is 5.75 Å². The largest absolute Gasteiger partial charge is 0.484 e. The summed E-state index contributed by atoms with van der Waals surface area (Å²) in [5.41, 5.74) is 4.74. The van der Waals surface area contributed by atoms with Gasteiger partial charge < -0.3 is 10.1 Å². The molecule has 0 atom stereocenters. The fourth-order valence-electron chi connectivity index (χ4n) is 4.10. The Morgan fingerprint density at radius 2 is 1.62 bits per heavy atom. The van der Waals surface area contributed by atoms with Crippen LogP contribution >= 0.6 is 0 Å². The molecule has 0 fully saturated rings. The lowest BCUT2D eigenvalue weighted by atomic mass is 9.72. The predicted molar refractivity (Wildman–Crippen MR) is 123 cm³/mol. The predicted octanol–water partition coefficient (Wildman–Crippen LogP) is 6.85. The van der Waals surface area contributed by atoms with Crippen LogP contribution in [0.5, 0.6) is 5.75 Å². The van der Waals surface area contributed by atoms with Crippen LogP contribution in [0, 0.1) is 12.3 Å². The minimum absolute atomic E-state index is 0.00337. The first kappa shape index (κ1) is 23.0. The third kappa shape index (κ3) is 6.62. The lowest BCUT2D eigenvalue weighted by molar-refractivity contribution is -0.118. The van der Waals surface area contributed by atoms with Crippen molar-refractivity contribution in [2.75, 3.05) is 11.9 Å². The summed E-state index contributed by atoms with van der Waals surface area (Å²) >= 11 is 0. The molecule has 0 radical (unpaired) electrons. The molecule has 1 N–H and O–H groups in total. The van der Waals surface area contributed by atoms with Crippen molar-refractivity contribution in [3.63, 3.8) is 0 Å². The summed E-state index contributed by atoms with van der Waals surface area (Å²) in [5, 5.41) is 3.03. The van der Waals surface area contributed by atoms with E-state index in [2.05, 4.69) is 72.0 Å². The molecule has 0 aliphatic rings. The molecule has 0 saturated heterocycles. The van der Waals surface area contributed by atoms with E-state index < -0.39 is 0 Å². The highest BCUT2D eigenvalue weighted by Crippen LogP contribution is 2.36.